The number of hydrogen-bond donors (Lipinski definition) is 1. The van der Waals surface area contributed by atoms with Gasteiger partial charge in [-0.05, 0) is 29.3 Å². The van der Waals surface area contributed by atoms with Crippen LogP contribution in [0.2, 0.25) is 0 Å². The van der Waals surface area contributed by atoms with Crippen LogP contribution in [0.15, 0.2) is 54.6 Å². The maximum Gasteiger partial charge on any atom is 0.328 e. The van der Waals surface area contributed by atoms with Gasteiger partial charge in [0.05, 0.1) is 0 Å². The summed E-state index contributed by atoms with van der Waals surface area (Å²) in [6.07, 6.45) is 1.14. The molecule has 0 spiro atoms. The summed E-state index contributed by atoms with van der Waals surface area (Å²) in [6.45, 7) is 0.126. The van der Waals surface area contributed by atoms with Gasteiger partial charge in [-0.3, -0.25) is 0 Å². The van der Waals surface area contributed by atoms with Crippen LogP contribution in [-0.2, 0) is 14.3 Å². The second kappa shape index (κ2) is 9.46. The summed E-state index contributed by atoms with van der Waals surface area (Å²) in [5.74, 6) is -0.0310. The molecule has 0 heterocycles. The molecule has 0 bridgehead atoms. The molecule has 6 nitrogen and oxygen atoms in total. The number of methoxy groups -OCH3 is 2. The number of rotatable bonds is 9. The average Bonchev–Trinajstić information content (AvgIpc) is 2.63. The van der Waals surface area contributed by atoms with E-state index in [4.69, 9.17) is 18.9 Å². The lowest BCUT2D eigenvalue weighted by Gasteiger charge is -2.16. The quantitative estimate of drug-likeness (QED) is 0.556. The summed E-state index contributed by atoms with van der Waals surface area (Å²) in [7, 11) is 3.04. The highest BCUT2D eigenvalue weighted by atomic mass is 16.7. The molecule has 0 aliphatic heterocycles. The maximum absolute atomic E-state index is 11.3. The first-order valence-corrected chi connectivity index (χ1v) is 7.53. The summed E-state index contributed by atoms with van der Waals surface area (Å²) in [4.78, 5) is 11.3. The molecule has 0 aromatic heterocycles. The van der Waals surface area contributed by atoms with Crippen molar-refractivity contribution in [2.45, 2.75) is 0 Å². The lowest BCUT2D eigenvalue weighted by molar-refractivity contribution is -0.131. The van der Waals surface area contributed by atoms with Crippen molar-refractivity contribution < 1.29 is 28.8 Å². The van der Waals surface area contributed by atoms with Crippen LogP contribution in [0.25, 0.3) is 5.57 Å². The van der Waals surface area contributed by atoms with E-state index in [1.54, 1.807) is 18.2 Å². The third-order valence-corrected chi connectivity index (χ3v) is 3.27. The van der Waals surface area contributed by atoms with Crippen molar-refractivity contribution in [2.75, 3.05) is 27.8 Å². The Hall–Kier alpha value is -2.83. The van der Waals surface area contributed by atoms with Crippen molar-refractivity contribution in [1.29, 1.82) is 0 Å². The normalized spacial score (nSPS) is 11.2. The number of aliphatic carboxylic acids is 1. The number of benzene rings is 2. The van der Waals surface area contributed by atoms with E-state index >= 15 is 0 Å². The van der Waals surface area contributed by atoms with Crippen LogP contribution in [-0.4, -0.2) is 38.9 Å². The fraction of sp³-hybridized carbons (Fsp3) is 0.211. The topological polar surface area (TPSA) is 74.2 Å². The number of carboxylic acids is 1. The van der Waals surface area contributed by atoms with Crippen molar-refractivity contribution in [1.82, 2.24) is 0 Å². The SMILES string of the molecule is COCOc1ccc(OCOC)c(/C(=C/C(=O)O)c2ccccc2)c1. The Morgan fingerprint density at radius 3 is 2.32 bits per heavy atom. The van der Waals surface area contributed by atoms with E-state index in [9.17, 15) is 9.90 Å². The Bertz CT molecular complexity index is 724. The van der Waals surface area contributed by atoms with E-state index in [1.165, 1.54) is 14.2 Å². The van der Waals surface area contributed by atoms with E-state index in [-0.39, 0.29) is 13.6 Å². The van der Waals surface area contributed by atoms with Gasteiger partial charge in [0.15, 0.2) is 13.6 Å². The van der Waals surface area contributed by atoms with Crippen LogP contribution >= 0.6 is 0 Å². The van der Waals surface area contributed by atoms with Gasteiger partial charge in [0.1, 0.15) is 11.5 Å². The van der Waals surface area contributed by atoms with E-state index < -0.39 is 5.97 Å². The summed E-state index contributed by atoms with van der Waals surface area (Å²) >= 11 is 0. The lowest BCUT2D eigenvalue weighted by Crippen LogP contribution is -2.04. The molecule has 0 aliphatic rings. The summed E-state index contributed by atoms with van der Waals surface area (Å²) in [6, 6.07) is 14.3. The molecule has 1 N–H and O–H groups in total. The molecule has 2 rings (SSSR count). The zero-order valence-corrected chi connectivity index (χ0v) is 14.1. The van der Waals surface area contributed by atoms with Gasteiger partial charge in [-0.1, -0.05) is 30.3 Å². The first-order chi connectivity index (χ1) is 12.2. The second-order valence-electron chi connectivity index (χ2n) is 5.02. The summed E-state index contributed by atoms with van der Waals surface area (Å²) in [5.41, 5.74) is 1.83. The predicted molar refractivity (Wildman–Crippen MR) is 92.6 cm³/mol. The molecule has 0 fully saturated rings. The second-order valence-corrected chi connectivity index (χ2v) is 5.02. The van der Waals surface area contributed by atoms with Crippen LogP contribution < -0.4 is 9.47 Å². The van der Waals surface area contributed by atoms with Gasteiger partial charge in [-0.2, -0.15) is 0 Å². The van der Waals surface area contributed by atoms with E-state index in [0.717, 1.165) is 11.6 Å². The number of hydrogen-bond acceptors (Lipinski definition) is 5. The van der Waals surface area contributed by atoms with Gasteiger partial charge in [0.2, 0.25) is 0 Å². The van der Waals surface area contributed by atoms with Gasteiger partial charge >= 0.3 is 5.97 Å². The minimum atomic E-state index is -1.06. The number of carboxylic acid groups (broad SMARTS) is 1. The van der Waals surface area contributed by atoms with Gasteiger partial charge in [0.25, 0.3) is 0 Å². The molecule has 0 saturated carbocycles. The molecule has 0 saturated heterocycles. The first kappa shape index (κ1) is 18.5. The molecule has 0 radical (unpaired) electrons. The predicted octanol–water partition coefficient (Wildman–Crippen LogP) is 3.17. The van der Waals surface area contributed by atoms with Crippen molar-refractivity contribution >= 4 is 11.5 Å². The molecule has 25 heavy (non-hydrogen) atoms. The Kier molecular flexibility index (Phi) is 7.00. The molecule has 2 aromatic rings. The van der Waals surface area contributed by atoms with Crippen molar-refractivity contribution in [3.8, 4) is 11.5 Å². The molecule has 2 aromatic carbocycles. The highest BCUT2D eigenvalue weighted by Gasteiger charge is 2.15. The first-order valence-electron chi connectivity index (χ1n) is 7.53. The Balaban J connectivity index is 2.54. The zero-order chi connectivity index (χ0) is 18.1. The fourth-order valence-electron chi connectivity index (χ4n) is 2.24. The summed E-state index contributed by atoms with van der Waals surface area (Å²) in [5, 5.41) is 9.29. The van der Waals surface area contributed by atoms with Crippen molar-refractivity contribution in [3.63, 3.8) is 0 Å². The fourth-order valence-corrected chi connectivity index (χ4v) is 2.24. The Morgan fingerprint density at radius 2 is 1.68 bits per heavy atom. The van der Waals surface area contributed by atoms with E-state index in [2.05, 4.69) is 0 Å². The van der Waals surface area contributed by atoms with Crippen LogP contribution in [0.3, 0.4) is 0 Å². The number of carbonyl (C=O) groups is 1. The van der Waals surface area contributed by atoms with Gasteiger partial charge in [-0.15, -0.1) is 0 Å². The third-order valence-electron chi connectivity index (χ3n) is 3.27. The average molecular weight is 344 g/mol. The standard InChI is InChI=1S/C19H20O6/c1-22-12-24-15-8-9-18(25-13-23-2)17(10-15)16(11-19(20)21)14-6-4-3-5-7-14/h3-11H,12-13H2,1-2H3,(H,20,21)/b16-11+. The number of ether oxygens (including phenoxy) is 4. The molecule has 0 unspecified atom stereocenters. The highest BCUT2D eigenvalue weighted by molar-refractivity contribution is 5.96. The minimum absolute atomic E-state index is 0.0421. The van der Waals surface area contributed by atoms with Gasteiger partial charge in [0, 0.05) is 25.9 Å². The third kappa shape index (κ3) is 5.34. The highest BCUT2D eigenvalue weighted by Crippen LogP contribution is 2.34. The van der Waals surface area contributed by atoms with Crippen LogP contribution in [0.4, 0.5) is 0 Å². The molecule has 0 amide bonds. The minimum Gasteiger partial charge on any atom is -0.478 e. The molecule has 6 heteroatoms. The van der Waals surface area contributed by atoms with Crippen molar-refractivity contribution in [2.24, 2.45) is 0 Å². The lowest BCUT2D eigenvalue weighted by atomic mass is 9.96. The largest absolute Gasteiger partial charge is 0.478 e. The Morgan fingerprint density at radius 1 is 1.00 bits per heavy atom. The summed E-state index contributed by atoms with van der Waals surface area (Å²) < 4.78 is 20.9. The van der Waals surface area contributed by atoms with Crippen LogP contribution in [0.5, 0.6) is 11.5 Å². The van der Waals surface area contributed by atoms with Gasteiger partial charge in [-0.25, -0.2) is 4.79 Å². The molecular formula is C19H20O6. The maximum atomic E-state index is 11.3. The van der Waals surface area contributed by atoms with Crippen molar-refractivity contribution in [3.05, 3.63) is 65.7 Å². The van der Waals surface area contributed by atoms with E-state index in [0.29, 0.717) is 22.6 Å². The zero-order valence-electron chi connectivity index (χ0n) is 14.1. The van der Waals surface area contributed by atoms with Crippen LogP contribution in [0, 0.1) is 0 Å². The van der Waals surface area contributed by atoms with Gasteiger partial charge < -0.3 is 24.1 Å². The molecular weight excluding hydrogens is 324 g/mol. The Labute approximate surface area is 146 Å². The molecule has 0 aliphatic carbocycles. The molecule has 132 valence electrons. The van der Waals surface area contributed by atoms with Crippen LogP contribution in [0.1, 0.15) is 11.1 Å². The monoisotopic (exact) mass is 344 g/mol. The van der Waals surface area contributed by atoms with E-state index in [1.807, 2.05) is 30.3 Å². The smallest absolute Gasteiger partial charge is 0.328 e. The molecule has 0 atom stereocenters.